The molecule has 3 aromatic rings. The smallest absolute Gasteiger partial charge is 0.0963 e. The van der Waals surface area contributed by atoms with Crippen LogP contribution < -0.4 is 0 Å². The van der Waals surface area contributed by atoms with Crippen LogP contribution >= 0.6 is 22.7 Å². The van der Waals surface area contributed by atoms with Crippen molar-refractivity contribution in [3.8, 4) is 0 Å². The minimum Gasteiger partial charge on any atom is -0.246 e. The van der Waals surface area contributed by atoms with Gasteiger partial charge >= 0.3 is 0 Å². The second kappa shape index (κ2) is 13.1. The van der Waals surface area contributed by atoms with Gasteiger partial charge in [-0.2, -0.15) is 0 Å². The molecule has 1 aliphatic carbocycles. The Morgan fingerprint density at radius 3 is 1.89 bits per heavy atom. The molecule has 4 rings (SSSR count). The lowest BCUT2D eigenvalue weighted by Crippen LogP contribution is -1.99. The molecule has 28 heavy (non-hydrogen) atoms. The predicted molar refractivity (Wildman–Crippen MR) is 129 cm³/mol. The van der Waals surface area contributed by atoms with Gasteiger partial charge in [-0.3, -0.25) is 0 Å². The molecule has 0 bridgehead atoms. The lowest BCUT2D eigenvalue weighted by molar-refractivity contribution is 0.678. The van der Waals surface area contributed by atoms with E-state index in [1.807, 2.05) is 45.1 Å². The van der Waals surface area contributed by atoms with Crippen LogP contribution in [0.1, 0.15) is 101 Å². The van der Waals surface area contributed by atoms with Gasteiger partial charge in [0.2, 0.25) is 0 Å². The first-order valence-corrected chi connectivity index (χ1v) is 12.5. The highest BCUT2D eigenvalue weighted by molar-refractivity contribution is 7.18. The largest absolute Gasteiger partial charge is 0.246 e. The van der Waals surface area contributed by atoms with E-state index in [1.54, 1.807) is 16.2 Å². The first kappa shape index (κ1) is 24.8. The zero-order chi connectivity index (χ0) is 21.1. The van der Waals surface area contributed by atoms with Crippen molar-refractivity contribution in [1.29, 1.82) is 0 Å². The highest BCUT2D eigenvalue weighted by Gasteiger charge is 2.16. The van der Waals surface area contributed by atoms with Crippen molar-refractivity contribution in [1.82, 2.24) is 9.97 Å². The number of benzene rings is 1. The number of fused-ring (bicyclic) bond motifs is 2. The summed E-state index contributed by atoms with van der Waals surface area (Å²) < 4.78 is 1.29. The summed E-state index contributed by atoms with van der Waals surface area (Å²) in [5, 5.41) is 2.57. The molecule has 0 spiro atoms. The van der Waals surface area contributed by atoms with Crippen molar-refractivity contribution in [3.63, 3.8) is 0 Å². The first-order chi connectivity index (χ1) is 13.5. The molecule has 0 unspecified atom stereocenters. The summed E-state index contributed by atoms with van der Waals surface area (Å²) in [6.07, 6.45) is 5.21. The fourth-order valence-corrected chi connectivity index (χ4v) is 4.88. The van der Waals surface area contributed by atoms with Crippen LogP contribution in [0, 0.1) is 0 Å². The summed E-state index contributed by atoms with van der Waals surface area (Å²) in [6, 6.07) is 8.29. The van der Waals surface area contributed by atoms with Crippen molar-refractivity contribution in [2.24, 2.45) is 0 Å². The second-order valence-corrected chi connectivity index (χ2v) is 9.14. The van der Waals surface area contributed by atoms with E-state index >= 15 is 0 Å². The van der Waals surface area contributed by atoms with Gasteiger partial charge in [-0.15, -0.1) is 22.7 Å². The quantitative estimate of drug-likeness (QED) is 0.416. The summed E-state index contributed by atoms with van der Waals surface area (Å²) in [6.45, 7) is 16.8. The third-order valence-electron chi connectivity index (χ3n) is 4.16. The maximum absolute atomic E-state index is 4.67. The first-order valence-electron chi connectivity index (χ1n) is 10.9. The molecule has 0 atom stereocenters. The number of hydrogen-bond acceptors (Lipinski definition) is 4. The van der Waals surface area contributed by atoms with Crippen LogP contribution in [0.5, 0.6) is 0 Å². The van der Waals surface area contributed by atoms with E-state index < -0.39 is 0 Å². The van der Waals surface area contributed by atoms with E-state index in [4.69, 9.17) is 0 Å². The van der Waals surface area contributed by atoms with Crippen LogP contribution in [-0.4, -0.2) is 9.97 Å². The molecule has 0 saturated carbocycles. The molecule has 2 aromatic heterocycles. The van der Waals surface area contributed by atoms with E-state index in [2.05, 4.69) is 55.9 Å². The molecule has 156 valence electrons. The summed E-state index contributed by atoms with van der Waals surface area (Å²) >= 11 is 3.73. The molecule has 2 nitrogen and oxygen atoms in total. The summed E-state index contributed by atoms with van der Waals surface area (Å²) in [4.78, 5) is 10.8. The second-order valence-electron chi connectivity index (χ2n) is 6.96. The van der Waals surface area contributed by atoms with Crippen LogP contribution in [0.4, 0.5) is 0 Å². The average molecular weight is 419 g/mol. The van der Waals surface area contributed by atoms with Gasteiger partial charge in [0, 0.05) is 16.7 Å². The lowest BCUT2D eigenvalue weighted by atomic mass is 10.0. The Hall–Kier alpha value is -1.26. The Balaban J connectivity index is 0.000000238. The van der Waals surface area contributed by atoms with Gasteiger partial charge in [-0.05, 0) is 37.8 Å². The van der Waals surface area contributed by atoms with Crippen LogP contribution in [0.25, 0.3) is 10.2 Å². The molecule has 1 aromatic carbocycles. The maximum atomic E-state index is 4.67. The Morgan fingerprint density at radius 1 is 0.750 bits per heavy atom. The van der Waals surface area contributed by atoms with Crippen LogP contribution in [0.15, 0.2) is 24.3 Å². The summed E-state index contributed by atoms with van der Waals surface area (Å²) in [7, 11) is 0. The van der Waals surface area contributed by atoms with Gasteiger partial charge in [-0.25, -0.2) is 9.97 Å². The SMILES string of the molecule is CC.CC.CC(C)c1nc2c(s1)CCCC2.CC(C)c1nc2ccccc2s1. The molecule has 0 N–H and O–H groups in total. The fraction of sp³-hybridized carbons (Fsp3) is 0.583. The number of para-hydroxylation sites is 1. The average Bonchev–Trinajstić information content (AvgIpc) is 3.36. The molecule has 0 radical (unpaired) electrons. The standard InChI is InChI=1S/C10H15NS.C10H11NS.2C2H6/c2*1-7(2)10-11-8-5-3-4-6-9(8)12-10;2*1-2/h7H,3-6H2,1-2H3;3-7H,1-2H3;2*1-2H3. The van der Waals surface area contributed by atoms with Gasteiger partial charge in [0.15, 0.2) is 0 Å². The third-order valence-corrected chi connectivity index (χ3v) is 6.96. The lowest BCUT2D eigenvalue weighted by Gasteiger charge is -2.06. The summed E-state index contributed by atoms with van der Waals surface area (Å²) in [5.74, 6) is 1.16. The molecule has 0 amide bonds. The van der Waals surface area contributed by atoms with Crippen LogP contribution in [-0.2, 0) is 12.8 Å². The Labute approximate surface area is 180 Å². The van der Waals surface area contributed by atoms with E-state index in [9.17, 15) is 0 Å². The van der Waals surface area contributed by atoms with Crippen molar-refractivity contribution in [2.75, 3.05) is 0 Å². The highest BCUT2D eigenvalue weighted by atomic mass is 32.1. The van der Waals surface area contributed by atoms with Gasteiger partial charge in [-0.1, -0.05) is 67.5 Å². The van der Waals surface area contributed by atoms with Gasteiger partial charge in [0.1, 0.15) is 0 Å². The normalized spacial score (nSPS) is 12.4. The molecule has 0 fully saturated rings. The summed E-state index contributed by atoms with van der Waals surface area (Å²) in [5.41, 5.74) is 2.53. The van der Waals surface area contributed by atoms with Crippen LogP contribution in [0.2, 0.25) is 0 Å². The van der Waals surface area contributed by atoms with Gasteiger partial charge in [0.05, 0.1) is 25.9 Å². The Kier molecular flexibility index (Phi) is 11.6. The topological polar surface area (TPSA) is 25.8 Å². The Morgan fingerprint density at radius 2 is 1.32 bits per heavy atom. The molecule has 0 saturated heterocycles. The fourth-order valence-electron chi connectivity index (χ4n) is 2.76. The molecular weight excluding hydrogens is 380 g/mol. The monoisotopic (exact) mass is 418 g/mol. The number of aromatic nitrogens is 2. The van der Waals surface area contributed by atoms with Crippen molar-refractivity contribution >= 4 is 32.9 Å². The minimum absolute atomic E-state index is 0.544. The van der Waals surface area contributed by atoms with E-state index in [1.165, 1.54) is 46.1 Å². The number of nitrogens with zero attached hydrogens (tertiary/aromatic N) is 2. The predicted octanol–water partition coefficient (Wildman–Crippen LogP) is 8.62. The van der Waals surface area contributed by atoms with Crippen molar-refractivity contribution in [2.45, 2.75) is 92.9 Å². The number of thiazole rings is 2. The van der Waals surface area contributed by atoms with Crippen molar-refractivity contribution < 1.29 is 0 Å². The number of aryl methyl sites for hydroxylation is 2. The number of hydrogen-bond donors (Lipinski definition) is 0. The minimum atomic E-state index is 0.544. The zero-order valence-electron chi connectivity index (χ0n) is 19.0. The number of rotatable bonds is 2. The van der Waals surface area contributed by atoms with E-state index in [0.29, 0.717) is 11.8 Å². The molecular formula is C24H38N2S2. The molecule has 2 heterocycles. The molecule has 0 aliphatic heterocycles. The highest BCUT2D eigenvalue weighted by Crippen LogP contribution is 2.30. The Bertz CT molecular complexity index is 743. The molecule has 1 aliphatic rings. The zero-order valence-corrected chi connectivity index (χ0v) is 20.6. The van der Waals surface area contributed by atoms with Gasteiger partial charge < -0.3 is 0 Å². The van der Waals surface area contributed by atoms with Crippen molar-refractivity contribution in [3.05, 3.63) is 44.9 Å². The van der Waals surface area contributed by atoms with Crippen LogP contribution in [0.3, 0.4) is 0 Å². The van der Waals surface area contributed by atoms with Gasteiger partial charge in [0.25, 0.3) is 0 Å². The maximum Gasteiger partial charge on any atom is 0.0963 e. The third kappa shape index (κ3) is 6.97. The van der Waals surface area contributed by atoms with E-state index in [-0.39, 0.29) is 0 Å². The van der Waals surface area contributed by atoms with E-state index in [0.717, 1.165) is 5.52 Å². The molecule has 4 heteroatoms.